The van der Waals surface area contributed by atoms with Crippen molar-refractivity contribution in [2.45, 2.75) is 40.2 Å². The first-order valence-electron chi connectivity index (χ1n) is 7.53. The van der Waals surface area contributed by atoms with Crippen molar-refractivity contribution >= 4 is 0 Å². The highest BCUT2D eigenvalue weighted by molar-refractivity contribution is 5.39. The minimum atomic E-state index is -0.161. The van der Waals surface area contributed by atoms with Gasteiger partial charge in [-0.2, -0.15) is 0 Å². The van der Waals surface area contributed by atoms with Gasteiger partial charge in [-0.15, -0.1) is 0 Å². The molecule has 0 fully saturated rings. The van der Waals surface area contributed by atoms with Crippen LogP contribution in [0.3, 0.4) is 0 Å². The summed E-state index contributed by atoms with van der Waals surface area (Å²) in [6.45, 7) is 9.50. The topological polar surface area (TPSA) is 12.0 Å². The quantitative estimate of drug-likeness (QED) is 0.843. The normalized spacial score (nSPS) is 12.4. The monoisotopic (exact) mass is 285 g/mol. The Bertz CT molecular complexity index is 596. The summed E-state index contributed by atoms with van der Waals surface area (Å²) < 4.78 is 13.1. The van der Waals surface area contributed by atoms with Crippen LogP contribution in [0.4, 0.5) is 4.39 Å². The molecule has 2 heteroatoms. The van der Waals surface area contributed by atoms with E-state index in [0.29, 0.717) is 6.04 Å². The van der Waals surface area contributed by atoms with Gasteiger partial charge in [0.05, 0.1) is 0 Å². The maximum Gasteiger partial charge on any atom is 0.123 e. The highest BCUT2D eigenvalue weighted by Crippen LogP contribution is 2.23. The maximum atomic E-state index is 13.1. The molecule has 0 aliphatic heterocycles. The molecule has 0 aromatic heterocycles. The summed E-state index contributed by atoms with van der Waals surface area (Å²) in [4.78, 5) is 0. The Labute approximate surface area is 127 Å². The molecule has 112 valence electrons. The summed E-state index contributed by atoms with van der Waals surface area (Å²) in [5.41, 5.74) is 6.38. The van der Waals surface area contributed by atoms with E-state index in [9.17, 15) is 4.39 Å². The van der Waals surface area contributed by atoms with Gasteiger partial charge in [0.2, 0.25) is 0 Å². The van der Waals surface area contributed by atoms with Crippen molar-refractivity contribution in [1.82, 2.24) is 5.32 Å². The number of rotatable bonds is 5. The third kappa shape index (κ3) is 4.15. The van der Waals surface area contributed by atoms with Gasteiger partial charge >= 0.3 is 0 Å². The van der Waals surface area contributed by atoms with Crippen LogP contribution in [0.1, 0.15) is 40.8 Å². The number of halogens is 1. The molecular formula is C19H24FN. The summed E-state index contributed by atoms with van der Waals surface area (Å²) in [6, 6.07) is 11.6. The van der Waals surface area contributed by atoms with Gasteiger partial charge in [0.25, 0.3) is 0 Å². The smallest absolute Gasteiger partial charge is 0.123 e. The molecule has 0 aliphatic rings. The van der Waals surface area contributed by atoms with Crippen molar-refractivity contribution in [3.8, 4) is 0 Å². The molecule has 1 unspecified atom stereocenters. The number of aryl methyl sites for hydroxylation is 3. The molecule has 0 saturated carbocycles. The highest BCUT2D eigenvalue weighted by Gasteiger charge is 2.11. The lowest BCUT2D eigenvalue weighted by Crippen LogP contribution is -2.23. The average Bonchev–Trinajstić information content (AvgIpc) is 2.37. The fraction of sp³-hybridized carbons (Fsp3) is 0.368. The van der Waals surface area contributed by atoms with Crippen LogP contribution in [0.5, 0.6) is 0 Å². The van der Waals surface area contributed by atoms with E-state index in [1.165, 1.54) is 28.3 Å². The summed E-state index contributed by atoms with van der Waals surface area (Å²) in [7, 11) is 0. The number of hydrogen-bond donors (Lipinski definition) is 1. The second kappa shape index (κ2) is 6.86. The second-order valence-corrected chi connectivity index (χ2v) is 5.87. The van der Waals surface area contributed by atoms with Gasteiger partial charge in [0.1, 0.15) is 5.82 Å². The molecule has 2 aromatic carbocycles. The molecule has 21 heavy (non-hydrogen) atoms. The second-order valence-electron chi connectivity index (χ2n) is 5.87. The molecule has 1 N–H and O–H groups in total. The first-order chi connectivity index (χ1) is 9.97. The van der Waals surface area contributed by atoms with Crippen molar-refractivity contribution in [2.24, 2.45) is 0 Å². The number of hydrogen-bond acceptors (Lipinski definition) is 1. The van der Waals surface area contributed by atoms with Crippen molar-refractivity contribution in [3.63, 3.8) is 0 Å². The molecular weight excluding hydrogens is 261 g/mol. The van der Waals surface area contributed by atoms with Crippen molar-refractivity contribution in [1.29, 1.82) is 0 Å². The molecule has 0 saturated heterocycles. The number of nitrogens with one attached hydrogen (secondary N) is 1. The van der Waals surface area contributed by atoms with Crippen LogP contribution in [0.2, 0.25) is 0 Å². The van der Waals surface area contributed by atoms with Crippen molar-refractivity contribution in [2.75, 3.05) is 6.54 Å². The van der Waals surface area contributed by atoms with Gasteiger partial charge in [-0.25, -0.2) is 4.39 Å². The molecule has 0 heterocycles. The van der Waals surface area contributed by atoms with Gasteiger partial charge < -0.3 is 5.32 Å². The minimum absolute atomic E-state index is 0.161. The molecule has 2 aromatic rings. The fourth-order valence-corrected chi connectivity index (χ4v) is 3.10. The Kier molecular flexibility index (Phi) is 5.13. The van der Waals surface area contributed by atoms with E-state index in [1.54, 1.807) is 12.1 Å². The van der Waals surface area contributed by atoms with Crippen LogP contribution in [-0.2, 0) is 6.42 Å². The first kappa shape index (κ1) is 15.7. The zero-order valence-corrected chi connectivity index (χ0v) is 13.3. The molecule has 1 atom stereocenters. The Hall–Kier alpha value is -1.67. The summed E-state index contributed by atoms with van der Waals surface area (Å²) in [5.74, 6) is -0.161. The van der Waals surface area contributed by atoms with E-state index in [0.717, 1.165) is 18.5 Å². The van der Waals surface area contributed by atoms with Crippen LogP contribution >= 0.6 is 0 Å². The average molecular weight is 285 g/mol. The van der Waals surface area contributed by atoms with E-state index in [2.05, 4.69) is 45.1 Å². The third-order valence-corrected chi connectivity index (χ3v) is 3.92. The van der Waals surface area contributed by atoms with E-state index in [-0.39, 0.29) is 5.82 Å². The molecule has 0 radical (unpaired) electrons. The van der Waals surface area contributed by atoms with E-state index >= 15 is 0 Å². The van der Waals surface area contributed by atoms with Gasteiger partial charge in [0, 0.05) is 6.04 Å². The zero-order chi connectivity index (χ0) is 15.4. The minimum Gasteiger partial charge on any atom is -0.310 e. The molecule has 0 bridgehead atoms. The highest BCUT2D eigenvalue weighted by atomic mass is 19.1. The van der Waals surface area contributed by atoms with E-state index < -0.39 is 0 Å². The van der Waals surface area contributed by atoms with E-state index in [1.807, 2.05) is 6.07 Å². The summed E-state index contributed by atoms with van der Waals surface area (Å²) in [5, 5.41) is 3.55. The zero-order valence-electron chi connectivity index (χ0n) is 13.3. The Morgan fingerprint density at radius 2 is 1.71 bits per heavy atom. The Balaban J connectivity index is 1.98. The largest absolute Gasteiger partial charge is 0.310 e. The Morgan fingerprint density at radius 3 is 2.33 bits per heavy atom. The van der Waals surface area contributed by atoms with Crippen LogP contribution in [0, 0.1) is 26.6 Å². The molecule has 0 aliphatic carbocycles. The van der Waals surface area contributed by atoms with Crippen LogP contribution in [0.15, 0.2) is 36.4 Å². The SMILES string of the molecule is Cc1cc(C)c(C(C)NCCc2cccc(F)c2)c(C)c1. The lowest BCUT2D eigenvalue weighted by atomic mass is 9.95. The molecule has 1 nitrogen and oxygen atoms in total. The van der Waals surface area contributed by atoms with Gasteiger partial charge in [-0.05, 0) is 75.0 Å². The van der Waals surface area contributed by atoms with Crippen LogP contribution < -0.4 is 5.32 Å². The molecule has 0 amide bonds. The lowest BCUT2D eigenvalue weighted by molar-refractivity contribution is 0.570. The van der Waals surface area contributed by atoms with E-state index in [4.69, 9.17) is 0 Å². The lowest BCUT2D eigenvalue weighted by Gasteiger charge is -2.20. The predicted molar refractivity (Wildman–Crippen MR) is 87.2 cm³/mol. The Morgan fingerprint density at radius 1 is 1.05 bits per heavy atom. The molecule has 0 spiro atoms. The van der Waals surface area contributed by atoms with Crippen molar-refractivity contribution in [3.05, 3.63) is 70.0 Å². The summed E-state index contributed by atoms with van der Waals surface area (Å²) in [6.07, 6.45) is 0.839. The first-order valence-corrected chi connectivity index (χ1v) is 7.53. The maximum absolute atomic E-state index is 13.1. The van der Waals surface area contributed by atoms with Gasteiger partial charge in [-0.1, -0.05) is 29.8 Å². The number of benzene rings is 2. The third-order valence-electron chi connectivity index (χ3n) is 3.92. The fourth-order valence-electron chi connectivity index (χ4n) is 3.10. The molecule has 2 rings (SSSR count). The summed E-state index contributed by atoms with van der Waals surface area (Å²) >= 11 is 0. The van der Waals surface area contributed by atoms with Crippen LogP contribution in [-0.4, -0.2) is 6.54 Å². The van der Waals surface area contributed by atoms with Gasteiger partial charge in [0.15, 0.2) is 0 Å². The van der Waals surface area contributed by atoms with Crippen molar-refractivity contribution < 1.29 is 4.39 Å². The van der Waals surface area contributed by atoms with Crippen LogP contribution in [0.25, 0.3) is 0 Å². The standard InChI is InChI=1S/C19H24FN/c1-13-10-14(2)19(15(3)11-13)16(4)21-9-8-17-6-5-7-18(20)12-17/h5-7,10-12,16,21H,8-9H2,1-4H3. The predicted octanol–water partition coefficient (Wildman–Crippen LogP) is 4.64. The van der Waals surface area contributed by atoms with Gasteiger partial charge in [-0.3, -0.25) is 0 Å².